The van der Waals surface area contributed by atoms with Crippen LogP contribution in [0.2, 0.25) is 0 Å². The lowest BCUT2D eigenvalue weighted by Crippen LogP contribution is -2.41. The largest absolute Gasteiger partial charge is 0.491 e. The van der Waals surface area contributed by atoms with E-state index in [9.17, 15) is 4.79 Å². The summed E-state index contributed by atoms with van der Waals surface area (Å²) in [5.41, 5.74) is 10.4. The van der Waals surface area contributed by atoms with E-state index in [2.05, 4.69) is 0 Å². The number of rotatable bonds is 3. The second-order valence-corrected chi connectivity index (χ2v) is 8.19. The van der Waals surface area contributed by atoms with E-state index in [1.54, 1.807) is 0 Å². The standard InChI is InChI=1S/C22H24BNO3/c1-21(2)22(3,4)27-23(26-21)15(13-24)11-14-9-10-17-16-7-5-6-8-18(16)20(25)19(17)12-14/h5-12H,13,24H2,1-4H3. The van der Waals surface area contributed by atoms with Gasteiger partial charge in [0.1, 0.15) is 0 Å². The van der Waals surface area contributed by atoms with Gasteiger partial charge in [-0.05, 0) is 55.9 Å². The molecule has 1 saturated heterocycles. The van der Waals surface area contributed by atoms with Crippen molar-refractivity contribution < 1.29 is 14.1 Å². The molecule has 0 aromatic heterocycles. The predicted molar refractivity (Wildman–Crippen MR) is 108 cm³/mol. The minimum Gasteiger partial charge on any atom is -0.400 e. The topological polar surface area (TPSA) is 61.5 Å². The molecule has 4 rings (SSSR count). The summed E-state index contributed by atoms with van der Waals surface area (Å²) in [5.74, 6) is 0.0702. The summed E-state index contributed by atoms with van der Waals surface area (Å²) in [4.78, 5) is 12.7. The van der Waals surface area contributed by atoms with Crippen molar-refractivity contribution in [3.8, 4) is 11.1 Å². The van der Waals surface area contributed by atoms with Gasteiger partial charge < -0.3 is 15.0 Å². The van der Waals surface area contributed by atoms with Crippen molar-refractivity contribution in [3.63, 3.8) is 0 Å². The second-order valence-electron chi connectivity index (χ2n) is 8.19. The highest BCUT2D eigenvalue weighted by Gasteiger charge is 2.52. The Labute approximate surface area is 160 Å². The highest BCUT2D eigenvalue weighted by atomic mass is 16.7. The van der Waals surface area contributed by atoms with Gasteiger partial charge in [0.05, 0.1) is 11.2 Å². The number of hydrogen-bond donors (Lipinski definition) is 1. The zero-order valence-corrected chi connectivity index (χ0v) is 16.2. The van der Waals surface area contributed by atoms with E-state index in [-0.39, 0.29) is 5.78 Å². The predicted octanol–water partition coefficient (Wildman–Crippen LogP) is 3.87. The summed E-state index contributed by atoms with van der Waals surface area (Å²) in [6.45, 7) is 8.40. The molecule has 5 heteroatoms. The van der Waals surface area contributed by atoms with E-state index >= 15 is 0 Å². The monoisotopic (exact) mass is 361 g/mol. The minimum atomic E-state index is -0.485. The van der Waals surface area contributed by atoms with Gasteiger partial charge in [0.15, 0.2) is 5.78 Å². The van der Waals surface area contributed by atoms with Gasteiger partial charge in [0, 0.05) is 17.7 Å². The normalized spacial score (nSPS) is 20.0. The maximum Gasteiger partial charge on any atom is 0.491 e. The van der Waals surface area contributed by atoms with Crippen molar-refractivity contribution in [2.75, 3.05) is 6.54 Å². The Bertz CT molecular complexity index is 946. The molecule has 2 aliphatic rings. The van der Waals surface area contributed by atoms with Gasteiger partial charge in [-0.25, -0.2) is 0 Å². The van der Waals surface area contributed by atoms with Crippen molar-refractivity contribution >= 4 is 19.0 Å². The molecule has 2 N–H and O–H groups in total. The Morgan fingerprint density at radius 3 is 2.19 bits per heavy atom. The Balaban J connectivity index is 1.68. The lowest BCUT2D eigenvalue weighted by Gasteiger charge is -2.32. The van der Waals surface area contributed by atoms with Gasteiger partial charge in [-0.3, -0.25) is 4.79 Å². The van der Waals surface area contributed by atoms with Gasteiger partial charge in [-0.15, -0.1) is 0 Å². The summed E-state index contributed by atoms with van der Waals surface area (Å²) in [6.07, 6.45) is 1.97. The summed E-state index contributed by atoms with van der Waals surface area (Å²) in [7, 11) is -0.485. The fraction of sp³-hybridized carbons (Fsp3) is 0.318. The van der Waals surface area contributed by atoms with E-state index in [0.29, 0.717) is 6.54 Å². The lowest BCUT2D eigenvalue weighted by atomic mass is 9.77. The summed E-state index contributed by atoms with van der Waals surface area (Å²) < 4.78 is 12.2. The molecule has 1 aliphatic carbocycles. The van der Waals surface area contributed by atoms with Crippen LogP contribution in [0.3, 0.4) is 0 Å². The fourth-order valence-electron chi connectivity index (χ4n) is 3.57. The lowest BCUT2D eigenvalue weighted by molar-refractivity contribution is 0.00578. The van der Waals surface area contributed by atoms with Crippen LogP contribution >= 0.6 is 0 Å². The molecule has 1 aliphatic heterocycles. The molecule has 2 aromatic rings. The van der Waals surface area contributed by atoms with Gasteiger partial charge >= 0.3 is 7.12 Å². The maximum atomic E-state index is 12.7. The molecule has 0 amide bonds. The summed E-state index contributed by atoms with van der Waals surface area (Å²) in [6, 6.07) is 13.7. The van der Waals surface area contributed by atoms with Crippen molar-refractivity contribution in [1.29, 1.82) is 0 Å². The minimum absolute atomic E-state index is 0.0702. The number of fused-ring (bicyclic) bond motifs is 3. The first-order chi connectivity index (χ1) is 12.7. The van der Waals surface area contributed by atoms with Gasteiger partial charge in [0.25, 0.3) is 0 Å². The molecule has 0 radical (unpaired) electrons. The molecule has 1 fully saturated rings. The Morgan fingerprint density at radius 2 is 1.56 bits per heavy atom. The Morgan fingerprint density at radius 1 is 0.963 bits per heavy atom. The van der Waals surface area contributed by atoms with Crippen LogP contribution in [0.25, 0.3) is 17.2 Å². The molecule has 0 unspecified atom stereocenters. The molecule has 1 heterocycles. The highest BCUT2D eigenvalue weighted by molar-refractivity contribution is 6.55. The van der Waals surface area contributed by atoms with Crippen molar-refractivity contribution in [2.24, 2.45) is 5.73 Å². The molecule has 27 heavy (non-hydrogen) atoms. The van der Waals surface area contributed by atoms with Crippen LogP contribution < -0.4 is 5.73 Å². The van der Waals surface area contributed by atoms with Crippen molar-refractivity contribution in [3.05, 3.63) is 64.6 Å². The molecule has 138 valence electrons. The number of ketones is 1. The Hall–Kier alpha value is -2.21. The van der Waals surface area contributed by atoms with Crippen LogP contribution in [0.5, 0.6) is 0 Å². The summed E-state index contributed by atoms with van der Waals surface area (Å²) in [5, 5.41) is 0. The van der Waals surface area contributed by atoms with Crippen LogP contribution in [0, 0.1) is 0 Å². The second kappa shape index (κ2) is 6.16. The van der Waals surface area contributed by atoms with Gasteiger partial charge in [0.2, 0.25) is 0 Å². The van der Waals surface area contributed by atoms with Crippen LogP contribution in [0.4, 0.5) is 0 Å². The highest BCUT2D eigenvalue weighted by Crippen LogP contribution is 2.39. The number of carbonyl (C=O) groups excluding carboxylic acids is 1. The first-order valence-electron chi connectivity index (χ1n) is 9.28. The average Bonchev–Trinajstić information content (AvgIpc) is 3.03. The quantitative estimate of drug-likeness (QED) is 0.720. The van der Waals surface area contributed by atoms with E-state index in [4.69, 9.17) is 15.0 Å². The molecular weight excluding hydrogens is 337 g/mol. The number of hydrogen-bond acceptors (Lipinski definition) is 4. The summed E-state index contributed by atoms with van der Waals surface area (Å²) >= 11 is 0. The maximum absolute atomic E-state index is 12.7. The van der Waals surface area contributed by atoms with E-state index in [1.807, 2.05) is 76.2 Å². The third kappa shape index (κ3) is 2.87. The smallest absolute Gasteiger partial charge is 0.400 e. The zero-order chi connectivity index (χ0) is 19.4. The number of benzene rings is 2. The molecule has 0 bridgehead atoms. The third-order valence-electron chi connectivity index (χ3n) is 5.89. The number of carbonyl (C=O) groups is 1. The van der Waals surface area contributed by atoms with Crippen LogP contribution in [-0.4, -0.2) is 30.6 Å². The molecule has 0 spiro atoms. The fourth-order valence-corrected chi connectivity index (χ4v) is 3.57. The molecular formula is C22H24BNO3. The van der Waals surface area contributed by atoms with Crippen molar-refractivity contribution in [1.82, 2.24) is 0 Å². The first-order valence-corrected chi connectivity index (χ1v) is 9.28. The Kier molecular flexibility index (Phi) is 4.15. The molecule has 2 aromatic carbocycles. The van der Waals surface area contributed by atoms with Gasteiger partial charge in [-0.2, -0.15) is 0 Å². The molecule has 0 atom stereocenters. The van der Waals surface area contributed by atoms with E-state index in [0.717, 1.165) is 33.3 Å². The van der Waals surface area contributed by atoms with Crippen LogP contribution in [-0.2, 0) is 9.31 Å². The van der Waals surface area contributed by atoms with E-state index in [1.165, 1.54) is 0 Å². The number of nitrogens with two attached hydrogens (primary N) is 1. The molecule has 0 saturated carbocycles. The van der Waals surface area contributed by atoms with E-state index < -0.39 is 18.3 Å². The molecule has 4 nitrogen and oxygen atoms in total. The van der Waals surface area contributed by atoms with Crippen molar-refractivity contribution in [2.45, 2.75) is 38.9 Å². The van der Waals surface area contributed by atoms with Crippen LogP contribution in [0.15, 0.2) is 47.9 Å². The van der Waals surface area contributed by atoms with Crippen LogP contribution in [0.1, 0.15) is 49.2 Å². The van der Waals surface area contributed by atoms with Gasteiger partial charge in [-0.1, -0.05) is 42.5 Å². The first kappa shape index (κ1) is 18.2. The average molecular weight is 361 g/mol. The SMILES string of the molecule is CC1(C)OB(C(=Cc2ccc3c(c2)C(=O)c2ccccc2-3)CN)OC1(C)C. The zero-order valence-electron chi connectivity index (χ0n) is 16.2. The third-order valence-corrected chi connectivity index (χ3v) is 5.89.